The van der Waals surface area contributed by atoms with Gasteiger partial charge in [-0.15, -0.1) is 0 Å². The van der Waals surface area contributed by atoms with E-state index in [1.54, 1.807) is 31.2 Å². The minimum atomic E-state index is 0.412. The van der Waals surface area contributed by atoms with Gasteiger partial charge in [-0.2, -0.15) is 0 Å². The van der Waals surface area contributed by atoms with Crippen LogP contribution in [0.4, 0.5) is 0 Å². The van der Waals surface area contributed by atoms with Gasteiger partial charge in [-0.25, -0.2) is 39.9 Å². The van der Waals surface area contributed by atoms with E-state index in [2.05, 4.69) is 148 Å². The van der Waals surface area contributed by atoms with E-state index in [1.165, 1.54) is 16.3 Å². The first-order valence-corrected chi connectivity index (χ1v) is 22.2. The third-order valence-corrected chi connectivity index (χ3v) is 10.0. The molecule has 10 rings (SSSR count). The normalized spacial score (nSPS) is 10.7. The summed E-state index contributed by atoms with van der Waals surface area (Å²) in [6.07, 6.45) is 10.3. The second kappa shape index (κ2) is 24.0. The number of H-pyrrole nitrogens is 1. The first-order valence-electron chi connectivity index (χ1n) is 22.2. The van der Waals surface area contributed by atoms with Gasteiger partial charge < -0.3 is 4.98 Å². The molecule has 0 saturated carbocycles. The molecule has 10 nitrogen and oxygen atoms in total. The van der Waals surface area contributed by atoms with Crippen molar-refractivity contribution in [1.82, 2.24) is 49.8 Å². The fourth-order valence-electron chi connectivity index (χ4n) is 6.83. The molecule has 0 aliphatic rings. The molecule has 1 N–H and O–H groups in total. The SMILES string of the molecule is CC.CC(C)c1cccc2ccccc12.CC(C)c1nc2ccccc2[nH]1.CC(C)c1ncnc2cnccc12.CC(C)c1ncnc2ncccc12.Cc1ncc2ccccc2n1. The lowest BCUT2D eigenvalue weighted by Crippen LogP contribution is -1.96. The summed E-state index contributed by atoms with van der Waals surface area (Å²) in [4.78, 5) is 41.1. The van der Waals surface area contributed by atoms with Gasteiger partial charge in [-0.3, -0.25) is 4.98 Å². The van der Waals surface area contributed by atoms with Crippen molar-refractivity contribution < 1.29 is 0 Å². The Morgan fingerprint density at radius 3 is 1.77 bits per heavy atom. The number of fused-ring (bicyclic) bond motifs is 5. The van der Waals surface area contributed by atoms with Crippen LogP contribution < -0.4 is 0 Å². The van der Waals surface area contributed by atoms with Gasteiger partial charge in [0, 0.05) is 40.7 Å². The molecular formula is C54H62N10. The van der Waals surface area contributed by atoms with Crippen LogP contribution in [-0.4, -0.2) is 49.8 Å². The Morgan fingerprint density at radius 1 is 0.438 bits per heavy atom. The highest BCUT2D eigenvalue weighted by atomic mass is 14.9. The van der Waals surface area contributed by atoms with Gasteiger partial charge in [0.1, 0.15) is 24.3 Å². The number of aromatic amines is 1. The summed E-state index contributed by atoms with van der Waals surface area (Å²) >= 11 is 0. The molecule has 6 aromatic heterocycles. The third-order valence-electron chi connectivity index (χ3n) is 10.0. The number of aromatic nitrogens is 10. The van der Waals surface area contributed by atoms with Crippen LogP contribution in [0.15, 0.2) is 147 Å². The number of imidazole rings is 1. The van der Waals surface area contributed by atoms with Crippen LogP contribution in [0, 0.1) is 6.92 Å². The van der Waals surface area contributed by atoms with Crippen LogP contribution >= 0.6 is 0 Å². The van der Waals surface area contributed by atoms with Gasteiger partial charge in [-0.1, -0.05) is 142 Å². The van der Waals surface area contributed by atoms with E-state index >= 15 is 0 Å². The highest BCUT2D eigenvalue weighted by molar-refractivity contribution is 5.86. The van der Waals surface area contributed by atoms with Gasteiger partial charge in [-0.05, 0) is 77.4 Å². The molecule has 0 spiro atoms. The van der Waals surface area contributed by atoms with Crippen LogP contribution in [0.1, 0.15) is 122 Å². The monoisotopic (exact) mass is 851 g/mol. The van der Waals surface area contributed by atoms with Crippen LogP contribution in [0.25, 0.3) is 54.6 Å². The standard InChI is InChI=1S/C13H14.2C10H11N3.C10H12N2.C9H8N2.C2H6/c1-10(2)12-9-5-7-11-6-3-4-8-13(11)12;1-7(2)10-8-3-4-11-5-9(8)12-6-13-10;1-7(2)9-8-4-3-5-11-10(8)13-6-12-9;1-7(2)10-11-8-5-3-4-6-9(8)12-10;1-7-10-6-8-4-2-3-5-9(8)11-7;1-2/h3-10H,1-2H3;2*3-7H,1-2H3;3-7H,1-2H3,(H,11,12);2-6H,1H3;1-2H3. The molecule has 4 aromatic carbocycles. The highest BCUT2D eigenvalue weighted by Crippen LogP contribution is 2.25. The van der Waals surface area contributed by atoms with Gasteiger partial charge >= 0.3 is 0 Å². The Morgan fingerprint density at radius 2 is 1.06 bits per heavy atom. The fraction of sp³-hybridized carbons (Fsp3) is 0.278. The number of benzene rings is 4. The lowest BCUT2D eigenvalue weighted by atomic mass is 9.96. The molecule has 0 aliphatic carbocycles. The van der Waals surface area contributed by atoms with Crippen LogP contribution in [-0.2, 0) is 0 Å². The topological polar surface area (TPSA) is 132 Å². The lowest BCUT2D eigenvalue weighted by molar-refractivity contribution is 0.799. The Kier molecular flexibility index (Phi) is 18.0. The number of nitrogens with zero attached hydrogens (tertiary/aromatic N) is 9. The first kappa shape index (κ1) is 48.0. The average Bonchev–Trinajstić information content (AvgIpc) is 3.78. The molecular weight excluding hydrogens is 789 g/mol. The van der Waals surface area contributed by atoms with Crippen molar-refractivity contribution in [1.29, 1.82) is 0 Å². The summed E-state index contributed by atoms with van der Waals surface area (Å²) in [6.45, 7) is 23.1. The zero-order chi connectivity index (χ0) is 46.0. The molecule has 0 atom stereocenters. The van der Waals surface area contributed by atoms with Crippen LogP contribution in [0.2, 0.25) is 0 Å². The fourth-order valence-corrected chi connectivity index (χ4v) is 6.83. The smallest absolute Gasteiger partial charge is 0.162 e. The Balaban J connectivity index is 0.000000149. The Hall–Kier alpha value is -7.07. The van der Waals surface area contributed by atoms with Gasteiger partial charge in [0.05, 0.1) is 39.7 Å². The number of hydrogen-bond donors (Lipinski definition) is 1. The maximum atomic E-state index is 4.46. The predicted molar refractivity (Wildman–Crippen MR) is 267 cm³/mol. The molecule has 0 radical (unpaired) electrons. The molecule has 6 heterocycles. The zero-order valence-electron chi connectivity index (χ0n) is 39.2. The minimum absolute atomic E-state index is 0.412. The number of aryl methyl sites for hydroxylation is 1. The van der Waals surface area contributed by atoms with Crippen molar-refractivity contribution in [2.75, 3.05) is 0 Å². The zero-order valence-corrected chi connectivity index (χ0v) is 39.2. The maximum absolute atomic E-state index is 4.46. The summed E-state index contributed by atoms with van der Waals surface area (Å²) in [5.74, 6) is 3.80. The molecule has 10 aromatic rings. The van der Waals surface area contributed by atoms with Crippen molar-refractivity contribution in [3.8, 4) is 0 Å². The van der Waals surface area contributed by atoms with Gasteiger partial charge in [0.2, 0.25) is 0 Å². The van der Waals surface area contributed by atoms with Crippen LogP contribution in [0.5, 0.6) is 0 Å². The van der Waals surface area contributed by atoms with Crippen LogP contribution in [0.3, 0.4) is 0 Å². The predicted octanol–water partition coefficient (Wildman–Crippen LogP) is 13.9. The molecule has 0 saturated heterocycles. The van der Waals surface area contributed by atoms with E-state index in [0.29, 0.717) is 23.7 Å². The summed E-state index contributed by atoms with van der Waals surface area (Å²) in [6, 6.07) is 37.0. The van der Waals surface area contributed by atoms with Gasteiger partial charge in [0.25, 0.3) is 0 Å². The third kappa shape index (κ3) is 13.0. The van der Waals surface area contributed by atoms with E-state index < -0.39 is 0 Å². The molecule has 328 valence electrons. The first-order chi connectivity index (χ1) is 31.0. The summed E-state index contributed by atoms with van der Waals surface area (Å²) < 4.78 is 0. The summed E-state index contributed by atoms with van der Waals surface area (Å²) in [5, 5.41) is 5.99. The molecule has 0 unspecified atom stereocenters. The second-order valence-electron chi connectivity index (χ2n) is 16.1. The van der Waals surface area contributed by atoms with E-state index in [0.717, 1.165) is 66.9 Å². The van der Waals surface area contributed by atoms with E-state index in [9.17, 15) is 0 Å². The number of hydrogen-bond acceptors (Lipinski definition) is 9. The second-order valence-corrected chi connectivity index (χ2v) is 16.1. The molecule has 0 aliphatic heterocycles. The van der Waals surface area contributed by atoms with Crippen molar-refractivity contribution in [2.45, 2.75) is 99.8 Å². The molecule has 0 fully saturated rings. The largest absolute Gasteiger partial charge is 0.342 e. The van der Waals surface area contributed by atoms with E-state index in [4.69, 9.17) is 0 Å². The number of nitrogens with one attached hydrogen (secondary N) is 1. The van der Waals surface area contributed by atoms with E-state index in [-0.39, 0.29) is 0 Å². The molecule has 64 heavy (non-hydrogen) atoms. The highest BCUT2D eigenvalue weighted by Gasteiger charge is 2.08. The minimum Gasteiger partial charge on any atom is -0.342 e. The van der Waals surface area contributed by atoms with E-state index in [1.807, 2.05) is 93.7 Å². The molecule has 0 bridgehead atoms. The Bertz CT molecular complexity index is 2730. The number of para-hydroxylation sites is 3. The van der Waals surface area contributed by atoms with Gasteiger partial charge in [0.15, 0.2) is 5.65 Å². The van der Waals surface area contributed by atoms with Crippen molar-refractivity contribution >= 4 is 54.6 Å². The lowest BCUT2D eigenvalue weighted by Gasteiger charge is -2.08. The van der Waals surface area contributed by atoms with Crippen molar-refractivity contribution in [3.63, 3.8) is 0 Å². The summed E-state index contributed by atoms with van der Waals surface area (Å²) in [7, 11) is 0. The Labute approximate surface area is 378 Å². The number of pyridine rings is 2. The van der Waals surface area contributed by atoms with Crippen molar-refractivity contribution in [2.24, 2.45) is 0 Å². The quantitative estimate of drug-likeness (QED) is 0.184. The van der Waals surface area contributed by atoms with Crippen molar-refractivity contribution in [3.05, 3.63) is 175 Å². The summed E-state index contributed by atoms with van der Waals surface area (Å²) in [5.41, 5.74) is 8.49. The molecule has 10 heteroatoms. The molecule has 0 amide bonds. The average molecular weight is 851 g/mol. The number of rotatable bonds is 4. The maximum Gasteiger partial charge on any atom is 0.162 e.